The molecule has 3 aromatic rings. The maximum atomic E-state index is 12.4. The van der Waals surface area contributed by atoms with Gasteiger partial charge in [0.1, 0.15) is 18.4 Å². The van der Waals surface area contributed by atoms with Crippen molar-refractivity contribution in [3.63, 3.8) is 0 Å². The molecule has 1 aliphatic carbocycles. The smallest absolute Gasteiger partial charge is 0.407 e. The van der Waals surface area contributed by atoms with E-state index >= 15 is 0 Å². The molecule has 8 nitrogen and oxygen atoms in total. The number of phenolic OH excluding ortho intramolecular Hbond substituents is 1. The van der Waals surface area contributed by atoms with Crippen LogP contribution in [0.25, 0.3) is 11.1 Å². The van der Waals surface area contributed by atoms with Gasteiger partial charge in [0.15, 0.2) is 0 Å². The molecule has 0 aromatic heterocycles. The average molecular weight is 460 g/mol. The monoisotopic (exact) mass is 460 g/mol. The van der Waals surface area contributed by atoms with E-state index in [1.165, 1.54) is 12.1 Å². The van der Waals surface area contributed by atoms with Crippen LogP contribution < -0.4 is 10.6 Å². The third kappa shape index (κ3) is 5.17. The Morgan fingerprint density at radius 3 is 2.06 bits per heavy atom. The first-order valence-corrected chi connectivity index (χ1v) is 10.8. The lowest BCUT2D eigenvalue weighted by Crippen LogP contribution is -2.44. The lowest BCUT2D eigenvalue weighted by molar-refractivity contribution is -0.141. The van der Waals surface area contributed by atoms with Crippen molar-refractivity contribution in [3.05, 3.63) is 89.5 Å². The second-order valence-electron chi connectivity index (χ2n) is 8.01. The Kier molecular flexibility index (Phi) is 6.77. The minimum atomic E-state index is -1.43. The molecule has 34 heavy (non-hydrogen) atoms. The van der Waals surface area contributed by atoms with Crippen molar-refractivity contribution < 1.29 is 29.3 Å². The fourth-order valence-electron chi connectivity index (χ4n) is 4.05. The van der Waals surface area contributed by atoms with Crippen LogP contribution in [0, 0.1) is 0 Å². The third-order valence-corrected chi connectivity index (χ3v) is 5.75. The zero-order chi connectivity index (χ0) is 24.1. The molecule has 0 heterocycles. The van der Waals surface area contributed by atoms with E-state index in [0.29, 0.717) is 0 Å². The fraction of sp³-hybridized carbons (Fsp3) is 0.192. The lowest BCUT2D eigenvalue weighted by Gasteiger charge is -2.17. The van der Waals surface area contributed by atoms with Crippen molar-refractivity contribution in [1.82, 2.24) is 10.6 Å². The van der Waals surface area contributed by atoms with E-state index in [9.17, 15) is 24.6 Å². The van der Waals surface area contributed by atoms with Crippen molar-refractivity contribution in [3.8, 4) is 16.9 Å². The molecule has 2 amide bonds. The van der Waals surface area contributed by atoms with Crippen molar-refractivity contribution >= 4 is 18.0 Å². The van der Waals surface area contributed by atoms with Gasteiger partial charge in [0.05, 0.1) is 6.42 Å². The van der Waals surface area contributed by atoms with Crippen LogP contribution in [-0.2, 0) is 20.9 Å². The molecule has 0 saturated carbocycles. The largest absolute Gasteiger partial charge is 0.508 e. The van der Waals surface area contributed by atoms with E-state index in [4.69, 9.17) is 4.74 Å². The molecule has 174 valence electrons. The summed E-state index contributed by atoms with van der Waals surface area (Å²) < 4.78 is 5.37. The molecule has 3 aromatic carbocycles. The summed E-state index contributed by atoms with van der Waals surface area (Å²) in [6, 6.07) is 20.6. The summed E-state index contributed by atoms with van der Waals surface area (Å²) in [5.74, 6) is -1.93. The second-order valence-corrected chi connectivity index (χ2v) is 8.01. The van der Waals surface area contributed by atoms with Gasteiger partial charge < -0.3 is 25.6 Å². The summed E-state index contributed by atoms with van der Waals surface area (Å²) in [6.45, 7) is 0.204. The Labute approximate surface area is 196 Å². The number of carbonyl (C=O) groups excluding carboxylic acids is 2. The highest BCUT2D eigenvalue weighted by Crippen LogP contribution is 2.44. The highest BCUT2D eigenvalue weighted by molar-refractivity contribution is 5.87. The maximum Gasteiger partial charge on any atom is 0.407 e. The summed E-state index contributed by atoms with van der Waals surface area (Å²) in [4.78, 5) is 36.2. The molecule has 0 aliphatic heterocycles. The summed E-state index contributed by atoms with van der Waals surface area (Å²) in [6.07, 6.45) is -1.35. The number of amides is 2. The van der Waals surface area contributed by atoms with Gasteiger partial charge in [0.25, 0.3) is 0 Å². The van der Waals surface area contributed by atoms with Crippen molar-refractivity contribution in [1.29, 1.82) is 0 Å². The minimum absolute atomic E-state index is 0.0409. The van der Waals surface area contributed by atoms with Crippen LogP contribution >= 0.6 is 0 Å². The van der Waals surface area contributed by atoms with Crippen LogP contribution in [0.1, 0.15) is 29.0 Å². The quantitative estimate of drug-likeness (QED) is 0.408. The van der Waals surface area contributed by atoms with Gasteiger partial charge in [-0.2, -0.15) is 0 Å². The predicted octanol–water partition coefficient (Wildman–Crippen LogP) is 3.39. The highest BCUT2D eigenvalue weighted by Gasteiger charge is 2.30. The van der Waals surface area contributed by atoms with Crippen LogP contribution in [0.3, 0.4) is 0 Å². The molecule has 4 rings (SSSR count). The lowest BCUT2D eigenvalue weighted by atomic mass is 9.98. The Balaban J connectivity index is 1.32. The van der Waals surface area contributed by atoms with E-state index in [1.54, 1.807) is 12.1 Å². The summed E-state index contributed by atoms with van der Waals surface area (Å²) in [7, 11) is 0. The number of hydrogen-bond donors (Lipinski definition) is 4. The molecule has 0 fully saturated rings. The number of nitrogens with one attached hydrogen (secondary N) is 2. The number of alkyl carbamates (subject to hydrolysis) is 1. The first-order valence-electron chi connectivity index (χ1n) is 10.8. The molecule has 8 heteroatoms. The molecule has 0 radical (unpaired) electrons. The summed E-state index contributed by atoms with van der Waals surface area (Å²) in [5.41, 5.74) is 4.99. The number of hydrogen-bond acceptors (Lipinski definition) is 5. The van der Waals surface area contributed by atoms with Gasteiger partial charge in [-0.05, 0) is 39.9 Å². The zero-order valence-electron chi connectivity index (χ0n) is 18.2. The van der Waals surface area contributed by atoms with Gasteiger partial charge in [-0.15, -0.1) is 0 Å². The first-order chi connectivity index (χ1) is 16.4. The topological polar surface area (TPSA) is 125 Å². The van der Waals surface area contributed by atoms with Crippen molar-refractivity contribution in [2.24, 2.45) is 0 Å². The van der Waals surface area contributed by atoms with Crippen molar-refractivity contribution in [2.75, 3.05) is 6.61 Å². The molecule has 1 atom stereocenters. The molecule has 0 unspecified atom stereocenters. The molecular weight excluding hydrogens is 436 g/mol. The van der Waals surface area contributed by atoms with Gasteiger partial charge >= 0.3 is 12.1 Å². The Morgan fingerprint density at radius 1 is 0.882 bits per heavy atom. The Hall–Kier alpha value is -4.33. The standard InChI is InChI=1S/C26H24N2O6/c29-17-11-9-16(10-12-17)14-27-24(30)13-23(25(31)32)28-26(33)34-15-22-20-7-3-1-5-18(20)19-6-2-4-8-21(19)22/h1-12,22-23,29H,13-15H2,(H,27,30)(H,28,33)(H,31,32)/t23-/m0/s1. The van der Waals surface area contributed by atoms with Gasteiger partial charge in [-0.1, -0.05) is 60.7 Å². The number of carboxylic acid groups (broad SMARTS) is 1. The number of carboxylic acids is 1. The zero-order valence-corrected chi connectivity index (χ0v) is 18.2. The number of rotatable bonds is 8. The SMILES string of the molecule is O=C(C[C@H](NC(=O)OCC1c2ccccc2-c2ccccc21)C(=O)O)NCc1ccc(O)cc1. The number of aliphatic carboxylic acids is 1. The van der Waals surface area contributed by atoms with Gasteiger partial charge in [-0.3, -0.25) is 4.79 Å². The highest BCUT2D eigenvalue weighted by atomic mass is 16.5. The first kappa shape index (κ1) is 22.8. The van der Waals surface area contributed by atoms with Crippen LogP contribution in [0.15, 0.2) is 72.8 Å². The van der Waals surface area contributed by atoms with Crippen LogP contribution in [0.4, 0.5) is 4.79 Å². The Morgan fingerprint density at radius 2 is 1.47 bits per heavy atom. The van der Waals surface area contributed by atoms with E-state index < -0.39 is 30.4 Å². The van der Waals surface area contributed by atoms with E-state index in [1.807, 2.05) is 48.5 Å². The minimum Gasteiger partial charge on any atom is -0.508 e. The molecule has 1 aliphatic rings. The number of fused-ring (bicyclic) bond motifs is 3. The normalized spacial score (nSPS) is 12.8. The molecule has 0 saturated heterocycles. The summed E-state index contributed by atoms with van der Waals surface area (Å²) in [5, 5.41) is 23.6. The third-order valence-electron chi connectivity index (χ3n) is 5.75. The van der Waals surface area contributed by atoms with E-state index in [2.05, 4.69) is 10.6 Å². The van der Waals surface area contributed by atoms with Crippen LogP contribution in [0.2, 0.25) is 0 Å². The number of benzene rings is 3. The van der Waals surface area contributed by atoms with Crippen molar-refractivity contribution in [2.45, 2.75) is 24.9 Å². The maximum absolute atomic E-state index is 12.4. The number of carbonyl (C=O) groups is 3. The molecule has 0 bridgehead atoms. The van der Waals surface area contributed by atoms with E-state index in [-0.39, 0.29) is 24.8 Å². The average Bonchev–Trinajstić information content (AvgIpc) is 3.15. The number of aromatic hydroxyl groups is 1. The molecular formula is C26H24N2O6. The molecule has 0 spiro atoms. The summed E-state index contributed by atoms with van der Waals surface area (Å²) >= 11 is 0. The fourth-order valence-corrected chi connectivity index (χ4v) is 4.05. The Bertz CT molecular complexity index is 1160. The van der Waals surface area contributed by atoms with Gasteiger partial charge in [0, 0.05) is 12.5 Å². The second kappa shape index (κ2) is 10.1. The van der Waals surface area contributed by atoms with E-state index in [0.717, 1.165) is 27.8 Å². The number of ether oxygens (including phenoxy) is 1. The number of phenols is 1. The molecule has 4 N–H and O–H groups in total. The predicted molar refractivity (Wildman–Crippen MR) is 124 cm³/mol. The van der Waals surface area contributed by atoms with Crippen LogP contribution in [-0.4, -0.2) is 40.8 Å². The van der Waals surface area contributed by atoms with Crippen LogP contribution in [0.5, 0.6) is 5.75 Å². The van der Waals surface area contributed by atoms with Gasteiger partial charge in [0.2, 0.25) is 5.91 Å². The van der Waals surface area contributed by atoms with Gasteiger partial charge in [-0.25, -0.2) is 9.59 Å².